The molecule has 0 aliphatic carbocycles. The average molecular weight is 205 g/mol. The van der Waals surface area contributed by atoms with Crippen molar-refractivity contribution in [2.75, 3.05) is 18.0 Å². The fourth-order valence-electron chi connectivity index (χ4n) is 1.80. The molecule has 4 nitrogen and oxygen atoms in total. The SMILES string of the molecule is O=C(O)CN1CCC(=O)c2ccccc21. The Kier molecular flexibility index (Phi) is 2.41. The average Bonchev–Trinajstić information content (AvgIpc) is 2.22. The van der Waals surface area contributed by atoms with E-state index in [1.807, 2.05) is 6.07 Å². The first-order chi connectivity index (χ1) is 7.18. The minimum atomic E-state index is -0.876. The van der Waals surface area contributed by atoms with Gasteiger partial charge in [0, 0.05) is 24.2 Å². The van der Waals surface area contributed by atoms with E-state index in [2.05, 4.69) is 0 Å². The summed E-state index contributed by atoms with van der Waals surface area (Å²) in [7, 11) is 0. The third kappa shape index (κ3) is 1.83. The van der Waals surface area contributed by atoms with Crippen LogP contribution in [0, 0.1) is 0 Å². The van der Waals surface area contributed by atoms with Crippen LogP contribution < -0.4 is 4.90 Å². The van der Waals surface area contributed by atoms with Crippen LogP contribution in [0.15, 0.2) is 24.3 Å². The molecule has 1 aliphatic heterocycles. The maximum atomic E-state index is 11.5. The van der Waals surface area contributed by atoms with E-state index in [0.717, 1.165) is 5.69 Å². The molecule has 0 saturated carbocycles. The van der Waals surface area contributed by atoms with E-state index >= 15 is 0 Å². The summed E-state index contributed by atoms with van der Waals surface area (Å²) in [6.07, 6.45) is 0.393. The summed E-state index contributed by atoms with van der Waals surface area (Å²) in [6.45, 7) is 0.437. The monoisotopic (exact) mass is 205 g/mol. The van der Waals surface area contributed by atoms with Crippen molar-refractivity contribution < 1.29 is 14.7 Å². The zero-order valence-corrected chi connectivity index (χ0v) is 8.14. The Labute approximate surface area is 87.1 Å². The van der Waals surface area contributed by atoms with Crippen molar-refractivity contribution in [3.8, 4) is 0 Å². The number of carboxylic acids is 1. The molecule has 0 fully saturated rings. The van der Waals surface area contributed by atoms with Crippen molar-refractivity contribution in [3.63, 3.8) is 0 Å². The van der Waals surface area contributed by atoms with Crippen molar-refractivity contribution in [2.45, 2.75) is 6.42 Å². The molecule has 0 bridgehead atoms. The van der Waals surface area contributed by atoms with Crippen LogP contribution in [0.1, 0.15) is 16.8 Å². The Hall–Kier alpha value is -1.84. The Morgan fingerprint density at radius 3 is 2.87 bits per heavy atom. The highest BCUT2D eigenvalue weighted by Crippen LogP contribution is 2.26. The van der Waals surface area contributed by atoms with Gasteiger partial charge in [0.05, 0.1) is 0 Å². The smallest absolute Gasteiger partial charge is 0.323 e. The van der Waals surface area contributed by atoms with E-state index in [-0.39, 0.29) is 12.3 Å². The highest BCUT2D eigenvalue weighted by molar-refractivity contribution is 6.03. The van der Waals surface area contributed by atoms with Crippen molar-refractivity contribution in [3.05, 3.63) is 29.8 Å². The number of ketones is 1. The Morgan fingerprint density at radius 1 is 1.40 bits per heavy atom. The lowest BCUT2D eigenvalue weighted by Gasteiger charge is -2.28. The van der Waals surface area contributed by atoms with Gasteiger partial charge in [-0.2, -0.15) is 0 Å². The predicted molar refractivity (Wildman–Crippen MR) is 55.2 cm³/mol. The molecule has 0 radical (unpaired) electrons. The van der Waals surface area contributed by atoms with Crippen molar-refractivity contribution in [1.29, 1.82) is 0 Å². The molecule has 1 N–H and O–H groups in total. The molecule has 1 aliphatic rings. The summed E-state index contributed by atoms with van der Waals surface area (Å²) >= 11 is 0. The summed E-state index contributed by atoms with van der Waals surface area (Å²) in [5.41, 5.74) is 1.36. The molecule has 0 spiro atoms. The lowest BCUT2D eigenvalue weighted by atomic mass is 10.0. The minimum Gasteiger partial charge on any atom is -0.480 e. The van der Waals surface area contributed by atoms with Gasteiger partial charge in [-0.15, -0.1) is 0 Å². The third-order valence-electron chi connectivity index (χ3n) is 2.48. The predicted octanol–water partition coefficient (Wildman–Crippen LogP) is 1.16. The fourth-order valence-corrected chi connectivity index (χ4v) is 1.80. The molecule has 1 heterocycles. The summed E-state index contributed by atoms with van der Waals surface area (Å²) in [5, 5.41) is 8.73. The lowest BCUT2D eigenvalue weighted by molar-refractivity contribution is -0.135. The first-order valence-electron chi connectivity index (χ1n) is 4.77. The molecule has 78 valence electrons. The number of aliphatic carboxylic acids is 1. The van der Waals surface area contributed by atoms with Crippen molar-refractivity contribution >= 4 is 17.4 Å². The van der Waals surface area contributed by atoms with E-state index in [0.29, 0.717) is 18.5 Å². The largest absolute Gasteiger partial charge is 0.480 e. The highest BCUT2D eigenvalue weighted by atomic mass is 16.4. The minimum absolute atomic E-state index is 0.0513. The molecule has 0 unspecified atom stereocenters. The Morgan fingerprint density at radius 2 is 2.13 bits per heavy atom. The van der Waals surface area contributed by atoms with Gasteiger partial charge in [-0.25, -0.2) is 0 Å². The highest BCUT2D eigenvalue weighted by Gasteiger charge is 2.23. The van der Waals surface area contributed by atoms with Crippen molar-refractivity contribution in [2.24, 2.45) is 0 Å². The topological polar surface area (TPSA) is 57.6 Å². The number of hydrogen-bond acceptors (Lipinski definition) is 3. The number of hydrogen-bond donors (Lipinski definition) is 1. The zero-order valence-electron chi connectivity index (χ0n) is 8.14. The van der Waals surface area contributed by atoms with Gasteiger partial charge in [-0.1, -0.05) is 12.1 Å². The summed E-state index contributed by atoms with van der Waals surface area (Å²) in [4.78, 5) is 23.9. The van der Waals surface area contributed by atoms with E-state index in [1.165, 1.54) is 0 Å². The molecule has 2 rings (SSSR count). The molecule has 0 atom stereocenters. The first kappa shape index (κ1) is 9.71. The van der Waals surface area contributed by atoms with Crippen LogP contribution in [0.4, 0.5) is 5.69 Å². The second kappa shape index (κ2) is 3.73. The maximum Gasteiger partial charge on any atom is 0.323 e. The quantitative estimate of drug-likeness (QED) is 0.787. The molecule has 4 heteroatoms. The van der Waals surface area contributed by atoms with Gasteiger partial charge in [0.2, 0.25) is 0 Å². The Balaban J connectivity index is 2.36. The van der Waals surface area contributed by atoms with E-state index in [1.54, 1.807) is 23.1 Å². The molecular formula is C11H11NO3. The number of anilines is 1. The van der Waals surface area contributed by atoms with Gasteiger partial charge in [0.25, 0.3) is 0 Å². The lowest BCUT2D eigenvalue weighted by Crippen LogP contribution is -2.36. The van der Waals surface area contributed by atoms with Crippen LogP contribution in [-0.4, -0.2) is 29.9 Å². The number of carboxylic acid groups (broad SMARTS) is 1. The number of carbonyl (C=O) groups is 2. The fraction of sp³-hybridized carbons (Fsp3) is 0.273. The number of fused-ring (bicyclic) bond motifs is 1. The second-order valence-electron chi connectivity index (χ2n) is 3.51. The molecule has 0 amide bonds. The van der Waals surface area contributed by atoms with E-state index in [4.69, 9.17) is 5.11 Å². The number of nitrogens with zero attached hydrogens (tertiary/aromatic N) is 1. The van der Waals surface area contributed by atoms with Gasteiger partial charge in [-0.05, 0) is 12.1 Å². The van der Waals surface area contributed by atoms with Crippen LogP contribution in [0.2, 0.25) is 0 Å². The normalized spacial score (nSPS) is 14.9. The summed E-state index contributed by atoms with van der Waals surface area (Å²) < 4.78 is 0. The van der Waals surface area contributed by atoms with Crippen molar-refractivity contribution in [1.82, 2.24) is 0 Å². The standard InChI is InChI=1S/C11H11NO3/c13-10-5-6-12(7-11(14)15)9-4-2-1-3-8(9)10/h1-4H,5-7H2,(H,14,15). The number of para-hydroxylation sites is 1. The molecule has 0 saturated heterocycles. The van der Waals surface area contributed by atoms with Crippen LogP contribution in [0.25, 0.3) is 0 Å². The van der Waals surface area contributed by atoms with E-state index in [9.17, 15) is 9.59 Å². The van der Waals surface area contributed by atoms with Gasteiger partial charge in [-0.3, -0.25) is 9.59 Å². The zero-order chi connectivity index (χ0) is 10.8. The van der Waals surface area contributed by atoms with Crippen LogP contribution in [-0.2, 0) is 4.79 Å². The number of carbonyl (C=O) groups excluding carboxylic acids is 1. The first-order valence-corrected chi connectivity index (χ1v) is 4.77. The third-order valence-corrected chi connectivity index (χ3v) is 2.48. The van der Waals surface area contributed by atoms with Gasteiger partial charge in [0.15, 0.2) is 5.78 Å². The van der Waals surface area contributed by atoms with Crippen LogP contribution in [0.3, 0.4) is 0 Å². The van der Waals surface area contributed by atoms with Gasteiger partial charge < -0.3 is 10.0 Å². The molecule has 15 heavy (non-hydrogen) atoms. The molecule has 1 aromatic carbocycles. The van der Waals surface area contributed by atoms with Crippen LogP contribution >= 0.6 is 0 Å². The molecule has 0 aromatic heterocycles. The number of rotatable bonds is 2. The Bertz CT molecular complexity index is 414. The summed E-state index contributed by atoms with van der Waals surface area (Å²) in [6, 6.07) is 7.13. The van der Waals surface area contributed by atoms with E-state index < -0.39 is 5.97 Å². The number of benzene rings is 1. The molecule has 1 aromatic rings. The second-order valence-corrected chi connectivity index (χ2v) is 3.51. The van der Waals surface area contributed by atoms with Gasteiger partial charge in [0.1, 0.15) is 6.54 Å². The maximum absolute atomic E-state index is 11.5. The number of Topliss-reactive ketones (excluding diaryl/α,β-unsaturated/α-hetero) is 1. The summed E-state index contributed by atoms with van der Waals surface area (Å²) in [5.74, 6) is -0.786. The molecular weight excluding hydrogens is 194 g/mol. The van der Waals surface area contributed by atoms with Crippen LogP contribution in [0.5, 0.6) is 0 Å². The van der Waals surface area contributed by atoms with Gasteiger partial charge >= 0.3 is 5.97 Å².